The molecular formula is C25H34N4O5. The Labute approximate surface area is 199 Å². The van der Waals surface area contributed by atoms with Gasteiger partial charge in [0.2, 0.25) is 5.91 Å². The molecular weight excluding hydrogens is 436 g/mol. The van der Waals surface area contributed by atoms with E-state index in [0.29, 0.717) is 43.8 Å². The number of carboxylic acid groups (broad SMARTS) is 1. The summed E-state index contributed by atoms with van der Waals surface area (Å²) in [4.78, 5) is 38.7. The van der Waals surface area contributed by atoms with Crippen LogP contribution < -0.4 is 16.4 Å². The number of amides is 3. The Morgan fingerprint density at radius 1 is 1.09 bits per heavy atom. The van der Waals surface area contributed by atoms with E-state index in [4.69, 9.17) is 15.3 Å². The maximum atomic E-state index is 13.1. The molecule has 1 aliphatic rings. The molecule has 9 nitrogen and oxygen atoms in total. The molecule has 1 aromatic carbocycles. The second-order valence-electron chi connectivity index (χ2n) is 8.67. The van der Waals surface area contributed by atoms with E-state index in [9.17, 15) is 14.4 Å². The van der Waals surface area contributed by atoms with Crippen LogP contribution in [0.3, 0.4) is 0 Å². The van der Waals surface area contributed by atoms with Crippen molar-refractivity contribution in [2.24, 2.45) is 5.73 Å². The van der Waals surface area contributed by atoms with Gasteiger partial charge in [-0.3, -0.25) is 9.59 Å². The van der Waals surface area contributed by atoms with E-state index in [1.54, 1.807) is 24.3 Å². The van der Waals surface area contributed by atoms with Crippen LogP contribution in [0.4, 0.5) is 10.5 Å². The second kappa shape index (κ2) is 12.8. The predicted octanol–water partition coefficient (Wildman–Crippen LogP) is 3.96. The van der Waals surface area contributed by atoms with E-state index in [-0.39, 0.29) is 11.9 Å². The van der Waals surface area contributed by atoms with Crippen LogP contribution in [0.1, 0.15) is 67.5 Å². The molecule has 2 aromatic rings. The van der Waals surface area contributed by atoms with Gasteiger partial charge in [0.1, 0.15) is 6.04 Å². The number of benzene rings is 1. The monoisotopic (exact) mass is 470 g/mol. The van der Waals surface area contributed by atoms with Crippen LogP contribution in [-0.2, 0) is 11.3 Å². The molecule has 184 valence electrons. The maximum Gasteiger partial charge on any atom is 0.405 e. The van der Waals surface area contributed by atoms with Crippen molar-refractivity contribution >= 4 is 23.6 Å². The first-order valence-corrected chi connectivity index (χ1v) is 11.9. The first kappa shape index (κ1) is 25.3. The molecule has 0 spiro atoms. The van der Waals surface area contributed by atoms with Gasteiger partial charge in [-0.2, -0.15) is 0 Å². The quantitative estimate of drug-likeness (QED) is 0.367. The van der Waals surface area contributed by atoms with Crippen molar-refractivity contribution in [1.29, 1.82) is 0 Å². The maximum absolute atomic E-state index is 13.1. The van der Waals surface area contributed by atoms with Crippen molar-refractivity contribution in [3.63, 3.8) is 0 Å². The average Bonchev–Trinajstić information content (AvgIpc) is 3.38. The number of rotatable bonds is 11. The molecule has 1 heterocycles. The number of hydrogen-bond donors (Lipinski definition) is 4. The summed E-state index contributed by atoms with van der Waals surface area (Å²) in [5.74, 6) is -0.195. The summed E-state index contributed by atoms with van der Waals surface area (Å²) in [6.45, 7) is 0.934. The molecule has 9 heteroatoms. The number of nitrogens with zero attached hydrogens (tertiary/aromatic N) is 1. The molecule has 1 atom stereocenters. The molecule has 1 aliphatic carbocycles. The lowest BCUT2D eigenvalue weighted by Gasteiger charge is -2.34. The van der Waals surface area contributed by atoms with Gasteiger partial charge < -0.3 is 30.8 Å². The lowest BCUT2D eigenvalue weighted by Crippen LogP contribution is -2.43. The molecule has 0 unspecified atom stereocenters. The van der Waals surface area contributed by atoms with Crippen LogP contribution in [0.5, 0.6) is 0 Å². The zero-order valence-corrected chi connectivity index (χ0v) is 19.4. The summed E-state index contributed by atoms with van der Waals surface area (Å²) < 4.78 is 5.36. The van der Waals surface area contributed by atoms with Crippen LogP contribution in [0.2, 0.25) is 0 Å². The molecule has 34 heavy (non-hydrogen) atoms. The summed E-state index contributed by atoms with van der Waals surface area (Å²) in [5, 5.41) is 14.1. The largest absolute Gasteiger partial charge is 0.465 e. The summed E-state index contributed by atoms with van der Waals surface area (Å²) in [7, 11) is 0. The number of nitrogens with one attached hydrogen (secondary N) is 2. The van der Waals surface area contributed by atoms with Crippen molar-refractivity contribution in [2.45, 2.75) is 70.0 Å². The standard InChI is InChI=1S/C25H34N4O5/c26-15-5-4-9-21(28-25(32)33)23(30)27-19-13-11-18(12-14-19)17-29(20-7-2-1-3-8-20)24(31)22-10-6-16-34-22/h6,10-14,16,20-21,28H,1-5,7-9,15,17,26H2,(H,27,30)(H,32,33)/t21-/m0/s1. The Kier molecular flexibility index (Phi) is 9.51. The van der Waals surface area contributed by atoms with Crippen molar-refractivity contribution in [2.75, 3.05) is 11.9 Å². The van der Waals surface area contributed by atoms with E-state index in [2.05, 4.69) is 10.6 Å². The number of nitrogens with two attached hydrogens (primary N) is 1. The second-order valence-corrected chi connectivity index (χ2v) is 8.67. The van der Waals surface area contributed by atoms with Gasteiger partial charge in [0.25, 0.3) is 5.91 Å². The van der Waals surface area contributed by atoms with Crippen molar-refractivity contribution in [3.05, 3.63) is 54.0 Å². The third-order valence-corrected chi connectivity index (χ3v) is 6.14. The van der Waals surface area contributed by atoms with Crippen LogP contribution in [-0.4, -0.2) is 46.5 Å². The SMILES string of the molecule is NCCCC[C@H](NC(=O)O)C(=O)Nc1ccc(CN(C(=O)c2ccco2)C2CCCCC2)cc1. The fourth-order valence-corrected chi connectivity index (χ4v) is 4.33. The Bertz CT molecular complexity index is 923. The minimum atomic E-state index is -1.24. The van der Waals surface area contributed by atoms with Gasteiger partial charge >= 0.3 is 6.09 Å². The molecule has 0 bridgehead atoms. The Morgan fingerprint density at radius 2 is 1.82 bits per heavy atom. The lowest BCUT2D eigenvalue weighted by atomic mass is 9.93. The normalized spacial score (nSPS) is 14.9. The van der Waals surface area contributed by atoms with Gasteiger partial charge in [-0.15, -0.1) is 0 Å². The topological polar surface area (TPSA) is 138 Å². The number of furan rings is 1. The summed E-state index contributed by atoms with van der Waals surface area (Å²) in [6.07, 6.45) is 7.35. The molecule has 3 amide bonds. The Balaban J connectivity index is 1.65. The van der Waals surface area contributed by atoms with Gasteiger partial charge in [-0.05, 0) is 68.5 Å². The van der Waals surface area contributed by atoms with Gasteiger partial charge in [0.05, 0.1) is 6.26 Å². The van der Waals surface area contributed by atoms with E-state index >= 15 is 0 Å². The minimum absolute atomic E-state index is 0.116. The number of carbonyl (C=O) groups excluding carboxylic acids is 2. The molecule has 5 N–H and O–H groups in total. The number of carbonyl (C=O) groups is 3. The van der Waals surface area contributed by atoms with Crippen LogP contribution in [0, 0.1) is 0 Å². The zero-order chi connectivity index (χ0) is 24.3. The molecule has 1 saturated carbocycles. The minimum Gasteiger partial charge on any atom is -0.465 e. The highest BCUT2D eigenvalue weighted by atomic mass is 16.4. The fraction of sp³-hybridized carbons (Fsp3) is 0.480. The van der Waals surface area contributed by atoms with E-state index in [1.807, 2.05) is 17.0 Å². The van der Waals surface area contributed by atoms with Crippen molar-refractivity contribution in [3.8, 4) is 0 Å². The highest BCUT2D eigenvalue weighted by Crippen LogP contribution is 2.26. The van der Waals surface area contributed by atoms with E-state index < -0.39 is 18.0 Å². The molecule has 0 aliphatic heterocycles. The summed E-state index contributed by atoms with van der Waals surface area (Å²) in [5.41, 5.74) is 6.99. The van der Waals surface area contributed by atoms with Gasteiger partial charge in [0.15, 0.2) is 5.76 Å². The zero-order valence-electron chi connectivity index (χ0n) is 19.4. The van der Waals surface area contributed by atoms with Crippen LogP contribution in [0.25, 0.3) is 0 Å². The first-order chi connectivity index (χ1) is 16.5. The lowest BCUT2D eigenvalue weighted by molar-refractivity contribution is -0.118. The molecule has 0 radical (unpaired) electrons. The molecule has 1 fully saturated rings. The molecule has 3 rings (SSSR count). The Hall–Kier alpha value is -3.33. The van der Waals surface area contributed by atoms with Gasteiger partial charge in [-0.25, -0.2) is 4.79 Å². The van der Waals surface area contributed by atoms with Crippen molar-refractivity contribution in [1.82, 2.24) is 10.2 Å². The first-order valence-electron chi connectivity index (χ1n) is 11.9. The Morgan fingerprint density at radius 3 is 2.44 bits per heavy atom. The summed E-state index contributed by atoms with van der Waals surface area (Å²) >= 11 is 0. The highest BCUT2D eigenvalue weighted by molar-refractivity contribution is 5.96. The highest BCUT2D eigenvalue weighted by Gasteiger charge is 2.28. The summed E-state index contributed by atoms with van der Waals surface area (Å²) in [6, 6.07) is 9.99. The average molecular weight is 471 g/mol. The third-order valence-electron chi connectivity index (χ3n) is 6.14. The smallest absolute Gasteiger partial charge is 0.405 e. The third kappa shape index (κ3) is 7.34. The predicted molar refractivity (Wildman–Crippen MR) is 128 cm³/mol. The number of unbranched alkanes of at least 4 members (excludes halogenated alkanes) is 1. The van der Waals surface area contributed by atoms with Crippen molar-refractivity contribution < 1.29 is 23.9 Å². The number of anilines is 1. The molecule has 0 saturated heterocycles. The van der Waals surface area contributed by atoms with Crippen LogP contribution >= 0.6 is 0 Å². The fourth-order valence-electron chi connectivity index (χ4n) is 4.33. The van der Waals surface area contributed by atoms with Gasteiger partial charge in [0, 0.05) is 18.3 Å². The van der Waals surface area contributed by atoms with E-state index in [1.165, 1.54) is 12.7 Å². The number of hydrogen-bond acceptors (Lipinski definition) is 5. The van der Waals surface area contributed by atoms with E-state index in [0.717, 1.165) is 31.2 Å². The van der Waals surface area contributed by atoms with Crippen LogP contribution in [0.15, 0.2) is 47.1 Å². The molecule has 1 aromatic heterocycles. The van der Waals surface area contributed by atoms with Gasteiger partial charge in [-0.1, -0.05) is 31.4 Å².